The van der Waals surface area contributed by atoms with Crippen LogP contribution in [0.3, 0.4) is 0 Å². The fourth-order valence-electron chi connectivity index (χ4n) is 1.05. The maximum atomic E-state index is 9.00. The summed E-state index contributed by atoms with van der Waals surface area (Å²) >= 11 is 0. The number of aliphatic carboxylic acids is 1. The molecule has 0 bridgehead atoms. The lowest BCUT2D eigenvalue weighted by Crippen LogP contribution is -1.78. The number of hydrogen-bond donors (Lipinski definition) is 1. The van der Waals surface area contributed by atoms with Gasteiger partial charge in [0.2, 0.25) is 0 Å². The number of hydrogen-bond acceptors (Lipinski definition) is 1. The van der Waals surface area contributed by atoms with Gasteiger partial charge in [0.05, 0.1) is 0 Å². The van der Waals surface area contributed by atoms with E-state index in [0.29, 0.717) is 0 Å². The second-order valence-corrected chi connectivity index (χ2v) is 3.76. The Balaban J connectivity index is 0.000000257. The number of carboxylic acid groups (broad SMARTS) is 1. The summed E-state index contributed by atoms with van der Waals surface area (Å²) in [6, 6.07) is 20.4. The van der Waals surface area contributed by atoms with Crippen molar-refractivity contribution in [2.24, 2.45) is 0 Å². The Hall–Kier alpha value is -2.09. The summed E-state index contributed by atoms with van der Waals surface area (Å²) in [7, 11) is 0. The minimum atomic E-state index is -0.833. The molecule has 0 heterocycles. The van der Waals surface area contributed by atoms with E-state index in [1.165, 1.54) is 11.1 Å². The molecule has 0 fully saturated rings. The highest BCUT2D eigenvalue weighted by molar-refractivity contribution is 5.62. The van der Waals surface area contributed by atoms with Gasteiger partial charge in [0, 0.05) is 6.92 Å². The van der Waals surface area contributed by atoms with Crippen molar-refractivity contribution in [3.8, 4) is 0 Å². The summed E-state index contributed by atoms with van der Waals surface area (Å²) in [5.74, 6) is -0.833. The first-order valence-corrected chi connectivity index (χ1v) is 5.76. The molecule has 0 atom stereocenters. The van der Waals surface area contributed by atoms with Crippen LogP contribution in [0.4, 0.5) is 0 Å². The molecule has 0 saturated heterocycles. The van der Waals surface area contributed by atoms with E-state index in [0.717, 1.165) is 6.92 Å². The van der Waals surface area contributed by atoms with Crippen molar-refractivity contribution in [2.45, 2.75) is 20.8 Å². The summed E-state index contributed by atoms with van der Waals surface area (Å²) in [4.78, 5) is 9.00. The Bertz CT molecular complexity index is 384. The number of rotatable bonds is 0. The Morgan fingerprint density at radius 2 is 1.00 bits per heavy atom. The molecule has 2 nitrogen and oxygen atoms in total. The number of aryl methyl sites for hydroxylation is 2. The van der Waals surface area contributed by atoms with Crippen LogP contribution >= 0.6 is 0 Å². The molecule has 18 heavy (non-hydrogen) atoms. The molecule has 0 saturated carbocycles. The maximum Gasteiger partial charge on any atom is 0.300 e. The summed E-state index contributed by atoms with van der Waals surface area (Å²) in [5.41, 5.74) is 2.74. The van der Waals surface area contributed by atoms with E-state index in [9.17, 15) is 0 Å². The van der Waals surface area contributed by atoms with Gasteiger partial charge in [0.1, 0.15) is 0 Å². The number of carbonyl (C=O) groups is 1. The third-order valence-electron chi connectivity index (χ3n) is 2.09. The third kappa shape index (κ3) is 10.4. The van der Waals surface area contributed by atoms with Crippen LogP contribution in [0.5, 0.6) is 0 Å². The largest absolute Gasteiger partial charge is 0.481 e. The minimum absolute atomic E-state index is 0.833. The van der Waals surface area contributed by atoms with Gasteiger partial charge in [-0.05, 0) is 25.0 Å². The van der Waals surface area contributed by atoms with E-state index in [2.05, 4.69) is 38.1 Å². The second kappa shape index (κ2) is 10.1. The Morgan fingerprint density at radius 3 is 1.17 bits per heavy atom. The molecule has 0 amide bonds. The van der Waals surface area contributed by atoms with Gasteiger partial charge >= 0.3 is 0 Å². The quantitative estimate of drug-likeness (QED) is 0.758. The molecule has 0 aromatic heterocycles. The molecule has 2 heteroatoms. The highest BCUT2D eigenvalue weighted by atomic mass is 16.4. The van der Waals surface area contributed by atoms with Gasteiger partial charge in [-0.15, -0.1) is 0 Å². The van der Waals surface area contributed by atoms with Crippen LogP contribution in [0.1, 0.15) is 18.1 Å². The molecule has 0 spiro atoms. The van der Waals surface area contributed by atoms with Gasteiger partial charge in [-0.3, -0.25) is 4.79 Å². The molecule has 96 valence electrons. The van der Waals surface area contributed by atoms with Gasteiger partial charge in [0.25, 0.3) is 5.97 Å². The highest BCUT2D eigenvalue weighted by Gasteiger charge is 1.83. The molecular formula is C16H20O2. The van der Waals surface area contributed by atoms with Gasteiger partial charge in [-0.25, -0.2) is 0 Å². The molecule has 0 aliphatic carbocycles. The predicted octanol–water partition coefficient (Wildman–Crippen LogP) is 4.08. The van der Waals surface area contributed by atoms with E-state index < -0.39 is 5.97 Å². The third-order valence-corrected chi connectivity index (χ3v) is 2.09. The first kappa shape index (κ1) is 15.9. The van der Waals surface area contributed by atoms with E-state index >= 15 is 0 Å². The molecule has 2 aromatic carbocycles. The first-order valence-electron chi connectivity index (χ1n) is 5.76. The molecule has 0 unspecified atom stereocenters. The molecule has 2 aromatic rings. The first-order chi connectivity index (χ1) is 8.54. The smallest absolute Gasteiger partial charge is 0.300 e. The summed E-state index contributed by atoms with van der Waals surface area (Å²) < 4.78 is 0. The Morgan fingerprint density at radius 1 is 0.778 bits per heavy atom. The van der Waals surface area contributed by atoms with Crippen molar-refractivity contribution in [1.29, 1.82) is 0 Å². The molecule has 0 aliphatic heterocycles. The van der Waals surface area contributed by atoms with Gasteiger partial charge in [-0.2, -0.15) is 0 Å². The standard InChI is InChI=1S/C8H10.C6H6.C2H4O2/c1-7-5-3-4-6-8(7)2;1-2-4-6-5-3-1;1-2(3)4/h3-6H,1-2H3;1-6H;1H3,(H,3,4). The topological polar surface area (TPSA) is 37.3 Å². The van der Waals surface area contributed by atoms with Crippen LogP contribution in [0, 0.1) is 13.8 Å². The zero-order valence-electron chi connectivity index (χ0n) is 11.1. The van der Waals surface area contributed by atoms with E-state index in [1.807, 2.05) is 36.4 Å². The normalized spacial score (nSPS) is 8.17. The zero-order chi connectivity index (χ0) is 13.8. The fraction of sp³-hybridized carbons (Fsp3) is 0.188. The highest BCUT2D eigenvalue weighted by Crippen LogP contribution is 2.02. The van der Waals surface area contributed by atoms with Crippen LogP contribution in [0.15, 0.2) is 60.7 Å². The fourth-order valence-corrected chi connectivity index (χ4v) is 1.05. The number of benzene rings is 2. The lowest BCUT2D eigenvalue weighted by atomic mass is 10.1. The van der Waals surface area contributed by atoms with Crippen molar-refractivity contribution < 1.29 is 9.90 Å². The van der Waals surface area contributed by atoms with Crippen molar-refractivity contribution in [2.75, 3.05) is 0 Å². The Kier molecular flexibility index (Phi) is 8.92. The lowest BCUT2D eigenvalue weighted by Gasteiger charge is -1.93. The maximum absolute atomic E-state index is 9.00. The van der Waals surface area contributed by atoms with Crippen LogP contribution < -0.4 is 0 Å². The van der Waals surface area contributed by atoms with E-state index in [4.69, 9.17) is 9.90 Å². The molecule has 1 N–H and O–H groups in total. The van der Waals surface area contributed by atoms with Crippen LogP contribution in [-0.2, 0) is 4.79 Å². The van der Waals surface area contributed by atoms with Gasteiger partial charge in [-0.1, -0.05) is 60.7 Å². The average molecular weight is 244 g/mol. The van der Waals surface area contributed by atoms with Gasteiger partial charge in [0.15, 0.2) is 0 Å². The van der Waals surface area contributed by atoms with Crippen molar-refractivity contribution in [1.82, 2.24) is 0 Å². The van der Waals surface area contributed by atoms with Crippen LogP contribution in [0.2, 0.25) is 0 Å². The van der Waals surface area contributed by atoms with Crippen molar-refractivity contribution >= 4 is 5.97 Å². The molecule has 0 aliphatic rings. The number of carboxylic acids is 1. The molecular weight excluding hydrogens is 224 g/mol. The van der Waals surface area contributed by atoms with Crippen molar-refractivity contribution in [3.05, 3.63) is 71.8 Å². The predicted molar refractivity (Wildman–Crippen MR) is 75.7 cm³/mol. The molecule has 0 radical (unpaired) electrons. The monoisotopic (exact) mass is 244 g/mol. The second-order valence-electron chi connectivity index (χ2n) is 3.76. The summed E-state index contributed by atoms with van der Waals surface area (Å²) in [6.07, 6.45) is 0. The van der Waals surface area contributed by atoms with Crippen molar-refractivity contribution in [3.63, 3.8) is 0 Å². The summed E-state index contributed by atoms with van der Waals surface area (Å²) in [5, 5.41) is 7.42. The minimum Gasteiger partial charge on any atom is -0.481 e. The lowest BCUT2D eigenvalue weighted by molar-refractivity contribution is -0.134. The average Bonchev–Trinajstić information content (AvgIpc) is 2.35. The van der Waals surface area contributed by atoms with Crippen LogP contribution in [-0.4, -0.2) is 11.1 Å². The zero-order valence-corrected chi connectivity index (χ0v) is 11.1. The SMILES string of the molecule is CC(=O)O.Cc1ccccc1C.c1ccccc1. The Labute approximate surface area is 109 Å². The van der Waals surface area contributed by atoms with Crippen LogP contribution in [0.25, 0.3) is 0 Å². The van der Waals surface area contributed by atoms with E-state index in [-0.39, 0.29) is 0 Å². The van der Waals surface area contributed by atoms with Gasteiger partial charge < -0.3 is 5.11 Å². The van der Waals surface area contributed by atoms with E-state index in [1.54, 1.807) is 0 Å². The summed E-state index contributed by atoms with van der Waals surface area (Å²) in [6.45, 7) is 5.32. The molecule has 2 rings (SSSR count).